The maximum atomic E-state index is 2.28. The summed E-state index contributed by atoms with van der Waals surface area (Å²) in [6, 6.07) is 47.1. The molecule has 0 atom stereocenters. The molecule has 5 aromatic carbocycles. The van der Waals surface area contributed by atoms with E-state index in [4.69, 9.17) is 0 Å². The highest BCUT2D eigenvalue weighted by Crippen LogP contribution is 2.35. The molecule has 0 aliphatic carbocycles. The molecular weight excluding hydrogens is 436 g/mol. The van der Waals surface area contributed by atoms with Crippen molar-refractivity contribution in [1.29, 1.82) is 0 Å². The van der Waals surface area contributed by atoms with Gasteiger partial charge in [0.1, 0.15) is 0 Å². The van der Waals surface area contributed by atoms with Crippen molar-refractivity contribution in [1.82, 2.24) is 0 Å². The van der Waals surface area contributed by atoms with Crippen LogP contribution in [0.1, 0.15) is 11.1 Å². The van der Waals surface area contributed by atoms with E-state index in [-0.39, 0.29) is 0 Å². The molecule has 36 heavy (non-hydrogen) atoms. The first kappa shape index (κ1) is 23.2. The first-order valence-electron chi connectivity index (χ1n) is 12.2. The van der Waals surface area contributed by atoms with Crippen molar-refractivity contribution >= 4 is 34.9 Å². The van der Waals surface area contributed by atoms with Gasteiger partial charge in [-0.25, -0.2) is 0 Å². The lowest BCUT2D eigenvalue weighted by Crippen LogP contribution is -2.09. The highest BCUT2D eigenvalue weighted by molar-refractivity contribution is 5.78. The molecule has 0 fully saturated rings. The second kappa shape index (κ2) is 10.8. The molecule has 176 valence electrons. The van der Waals surface area contributed by atoms with E-state index >= 15 is 0 Å². The average Bonchev–Trinajstić information content (AvgIpc) is 2.94. The highest BCUT2D eigenvalue weighted by Gasteiger charge is 2.11. The lowest BCUT2D eigenvalue weighted by molar-refractivity contribution is 1.13. The van der Waals surface area contributed by atoms with Gasteiger partial charge in [0.15, 0.2) is 0 Å². The van der Waals surface area contributed by atoms with E-state index < -0.39 is 0 Å². The third-order valence-corrected chi connectivity index (χ3v) is 6.28. The minimum atomic E-state index is 1.14. The number of benzene rings is 5. The van der Waals surface area contributed by atoms with Gasteiger partial charge < -0.3 is 9.80 Å². The van der Waals surface area contributed by atoms with Crippen molar-refractivity contribution in [2.75, 3.05) is 23.9 Å². The van der Waals surface area contributed by atoms with Crippen LogP contribution >= 0.6 is 0 Å². The van der Waals surface area contributed by atoms with Gasteiger partial charge in [0.2, 0.25) is 0 Å². The first-order chi connectivity index (χ1) is 17.7. The van der Waals surface area contributed by atoms with Crippen molar-refractivity contribution in [3.05, 3.63) is 145 Å². The number of hydrogen-bond acceptors (Lipinski definition) is 2. The molecule has 0 unspecified atom stereocenters. The summed E-state index contributed by atoms with van der Waals surface area (Å²) in [5, 5.41) is 0. The SMILES string of the molecule is CN(C)c1ccc(C=Cc2ccc(-c3ccc(N(c4ccccc4)c4ccccc4)cc3)cc2)cc1. The fraction of sp³-hybridized carbons (Fsp3) is 0.0588. The smallest absolute Gasteiger partial charge is 0.0462 e. The van der Waals surface area contributed by atoms with Crippen molar-refractivity contribution in [2.45, 2.75) is 0 Å². The molecule has 0 radical (unpaired) electrons. The minimum absolute atomic E-state index is 1.14. The standard InChI is InChI=1S/C34H30N2/c1-35(2)31-23-17-28(18-24-31)14-13-27-15-19-29(20-16-27)30-21-25-34(26-22-30)36(32-9-5-3-6-10-32)33-11-7-4-8-12-33/h3-26H,1-2H3. The monoisotopic (exact) mass is 466 g/mol. The molecule has 0 spiro atoms. The molecule has 0 aliphatic heterocycles. The number of nitrogens with zero attached hydrogens (tertiary/aromatic N) is 2. The second-order valence-corrected chi connectivity index (χ2v) is 8.99. The minimum Gasteiger partial charge on any atom is -0.378 e. The number of rotatable bonds is 7. The van der Waals surface area contributed by atoms with Crippen LogP contribution in [0.25, 0.3) is 23.3 Å². The zero-order chi connectivity index (χ0) is 24.7. The normalized spacial score (nSPS) is 10.9. The molecule has 0 bridgehead atoms. The summed E-state index contributed by atoms with van der Waals surface area (Å²) in [6.45, 7) is 0. The Kier molecular flexibility index (Phi) is 6.95. The Morgan fingerprint density at radius 1 is 0.389 bits per heavy atom. The van der Waals surface area contributed by atoms with E-state index in [1.54, 1.807) is 0 Å². The Balaban J connectivity index is 1.34. The van der Waals surface area contributed by atoms with Gasteiger partial charge in [-0.05, 0) is 70.8 Å². The lowest BCUT2D eigenvalue weighted by Gasteiger charge is -2.25. The fourth-order valence-corrected chi connectivity index (χ4v) is 4.27. The summed E-state index contributed by atoms with van der Waals surface area (Å²) in [5.74, 6) is 0. The van der Waals surface area contributed by atoms with Crippen LogP contribution in [0.3, 0.4) is 0 Å². The molecular formula is C34H30N2. The van der Waals surface area contributed by atoms with Gasteiger partial charge in [-0.2, -0.15) is 0 Å². The highest BCUT2D eigenvalue weighted by atomic mass is 15.1. The predicted octanol–water partition coefficient (Wildman–Crippen LogP) is 9.06. The van der Waals surface area contributed by atoms with E-state index in [1.807, 2.05) is 0 Å². The van der Waals surface area contributed by atoms with E-state index in [1.165, 1.54) is 27.9 Å². The summed E-state index contributed by atoms with van der Waals surface area (Å²) < 4.78 is 0. The average molecular weight is 467 g/mol. The maximum Gasteiger partial charge on any atom is 0.0462 e. The summed E-state index contributed by atoms with van der Waals surface area (Å²) in [7, 11) is 4.12. The zero-order valence-corrected chi connectivity index (χ0v) is 20.8. The fourth-order valence-electron chi connectivity index (χ4n) is 4.27. The predicted molar refractivity (Wildman–Crippen MR) is 156 cm³/mol. The molecule has 0 saturated heterocycles. The number of anilines is 4. The topological polar surface area (TPSA) is 6.48 Å². The van der Waals surface area contributed by atoms with Crippen LogP contribution in [0.15, 0.2) is 133 Å². The van der Waals surface area contributed by atoms with Gasteiger partial charge in [0, 0.05) is 36.8 Å². The summed E-state index contributed by atoms with van der Waals surface area (Å²) in [5.41, 5.74) is 9.42. The number of para-hydroxylation sites is 2. The number of hydrogen-bond donors (Lipinski definition) is 0. The quantitative estimate of drug-likeness (QED) is 0.221. The molecule has 5 rings (SSSR count). The summed E-state index contributed by atoms with van der Waals surface area (Å²) in [6.07, 6.45) is 4.32. The van der Waals surface area contributed by atoms with E-state index in [0.29, 0.717) is 0 Å². The van der Waals surface area contributed by atoms with Crippen LogP contribution in [0.4, 0.5) is 22.7 Å². The molecule has 0 heterocycles. The van der Waals surface area contributed by atoms with Crippen LogP contribution in [-0.4, -0.2) is 14.1 Å². The molecule has 2 heteroatoms. The largest absolute Gasteiger partial charge is 0.378 e. The van der Waals surface area contributed by atoms with Crippen molar-refractivity contribution in [3.8, 4) is 11.1 Å². The molecule has 0 saturated carbocycles. The van der Waals surface area contributed by atoms with Crippen molar-refractivity contribution in [2.24, 2.45) is 0 Å². The Morgan fingerprint density at radius 2 is 0.750 bits per heavy atom. The third kappa shape index (κ3) is 5.39. The van der Waals surface area contributed by atoms with Gasteiger partial charge in [0.25, 0.3) is 0 Å². The van der Waals surface area contributed by atoms with Crippen LogP contribution < -0.4 is 9.80 Å². The van der Waals surface area contributed by atoms with E-state index in [9.17, 15) is 0 Å². The Bertz CT molecular complexity index is 1360. The van der Waals surface area contributed by atoms with Crippen LogP contribution in [0.5, 0.6) is 0 Å². The van der Waals surface area contributed by atoms with Crippen molar-refractivity contribution < 1.29 is 0 Å². The Labute approximate surface area is 214 Å². The van der Waals surface area contributed by atoms with Gasteiger partial charge in [-0.1, -0.05) is 97.1 Å². The zero-order valence-electron chi connectivity index (χ0n) is 20.8. The van der Waals surface area contributed by atoms with Crippen LogP contribution in [-0.2, 0) is 0 Å². The molecule has 2 nitrogen and oxygen atoms in total. The van der Waals surface area contributed by atoms with Gasteiger partial charge in [0.05, 0.1) is 0 Å². The van der Waals surface area contributed by atoms with Gasteiger partial charge in [-0.15, -0.1) is 0 Å². The molecule has 0 aliphatic rings. The van der Waals surface area contributed by atoms with Crippen LogP contribution in [0.2, 0.25) is 0 Å². The van der Waals surface area contributed by atoms with E-state index in [2.05, 4.69) is 170 Å². The maximum absolute atomic E-state index is 2.28. The second-order valence-electron chi connectivity index (χ2n) is 8.99. The van der Waals surface area contributed by atoms with E-state index in [0.717, 1.165) is 17.1 Å². The molecule has 5 aromatic rings. The molecule has 0 amide bonds. The van der Waals surface area contributed by atoms with Crippen molar-refractivity contribution in [3.63, 3.8) is 0 Å². The summed E-state index contributed by atoms with van der Waals surface area (Å²) >= 11 is 0. The van der Waals surface area contributed by atoms with Crippen LogP contribution in [0, 0.1) is 0 Å². The summed E-state index contributed by atoms with van der Waals surface area (Å²) in [4.78, 5) is 4.39. The van der Waals surface area contributed by atoms with Gasteiger partial charge in [-0.3, -0.25) is 0 Å². The lowest BCUT2D eigenvalue weighted by atomic mass is 10.0. The Hall–Kier alpha value is -4.56. The third-order valence-electron chi connectivity index (χ3n) is 6.28. The first-order valence-corrected chi connectivity index (χ1v) is 12.2. The van der Waals surface area contributed by atoms with Gasteiger partial charge >= 0.3 is 0 Å². The molecule has 0 aromatic heterocycles. The Morgan fingerprint density at radius 3 is 1.19 bits per heavy atom. The molecule has 0 N–H and O–H groups in total.